The number of nitrogens with one attached hydrogen (secondary N) is 1. The van der Waals surface area contributed by atoms with Crippen LogP contribution in [0.5, 0.6) is 0 Å². The highest BCUT2D eigenvalue weighted by molar-refractivity contribution is 5.85. The zero-order valence-electron chi connectivity index (χ0n) is 13.1. The van der Waals surface area contributed by atoms with Crippen molar-refractivity contribution in [3.8, 4) is 0 Å². The van der Waals surface area contributed by atoms with Crippen LogP contribution in [0.25, 0.3) is 0 Å². The lowest BCUT2D eigenvalue weighted by atomic mass is 10.1. The highest BCUT2D eigenvalue weighted by Crippen LogP contribution is 2.23. The van der Waals surface area contributed by atoms with Gasteiger partial charge in [0.05, 0.1) is 6.42 Å². The molecular weight excluding hydrogens is 309 g/mol. The number of ether oxygens (including phenoxy) is 1. The zero-order chi connectivity index (χ0) is 16.9. The number of rotatable bonds is 6. The summed E-state index contributed by atoms with van der Waals surface area (Å²) in [6, 6.07) is 14.8. The van der Waals surface area contributed by atoms with Gasteiger partial charge in [0, 0.05) is 11.6 Å². The predicted molar refractivity (Wildman–Crippen MR) is 86.5 cm³/mol. The Morgan fingerprint density at radius 2 is 1.88 bits per heavy atom. The molecule has 2 aromatic carbocycles. The van der Waals surface area contributed by atoms with Gasteiger partial charge in [-0.2, -0.15) is 0 Å². The molecule has 1 amide bonds. The third kappa shape index (κ3) is 4.41. The second-order valence-corrected chi connectivity index (χ2v) is 5.87. The monoisotopic (exact) mass is 327 g/mol. The first kappa shape index (κ1) is 16.2. The SMILES string of the molecule is O=C(Cc1cccc(F)c1)O[C@@H](C(=O)NC1CC1)c1ccccc1. The van der Waals surface area contributed by atoms with Crippen LogP contribution in [0.3, 0.4) is 0 Å². The topological polar surface area (TPSA) is 55.4 Å². The zero-order valence-corrected chi connectivity index (χ0v) is 13.1. The Bertz CT molecular complexity index is 728. The summed E-state index contributed by atoms with van der Waals surface area (Å²) in [7, 11) is 0. The first-order valence-corrected chi connectivity index (χ1v) is 7.91. The Hall–Kier alpha value is -2.69. The molecule has 0 aliphatic heterocycles. The van der Waals surface area contributed by atoms with Crippen molar-refractivity contribution in [2.24, 2.45) is 0 Å². The molecule has 0 radical (unpaired) electrons. The summed E-state index contributed by atoms with van der Waals surface area (Å²) in [6.07, 6.45) is 0.820. The summed E-state index contributed by atoms with van der Waals surface area (Å²) >= 11 is 0. The normalized spacial score (nSPS) is 14.7. The quantitative estimate of drug-likeness (QED) is 0.830. The van der Waals surface area contributed by atoms with E-state index in [1.54, 1.807) is 30.3 Å². The lowest BCUT2D eigenvalue weighted by molar-refractivity contribution is -0.156. The van der Waals surface area contributed by atoms with Crippen LogP contribution in [0.1, 0.15) is 30.1 Å². The van der Waals surface area contributed by atoms with Crippen molar-refractivity contribution in [3.05, 3.63) is 71.5 Å². The summed E-state index contributed by atoms with van der Waals surface area (Å²) in [5.74, 6) is -1.30. The van der Waals surface area contributed by atoms with Crippen molar-refractivity contribution < 1.29 is 18.7 Å². The maximum atomic E-state index is 13.2. The fourth-order valence-electron chi connectivity index (χ4n) is 2.39. The molecule has 0 aromatic heterocycles. The summed E-state index contributed by atoms with van der Waals surface area (Å²) < 4.78 is 18.6. The van der Waals surface area contributed by atoms with Crippen LogP contribution in [-0.4, -0.2) is 17.9 Å². The second-order valence-electron chi connectivity index (χ2n) is 5.87. The van der Waals surface area contributed by atoms with E-state index in [0.717, 1.165) is 12.8 Å². The van der Waals surface area contributed by atoms with Gasteiger partial charge in [-0.05, 0) is 30.5 Å². The van der Waals surface area contributed by atoms with Crippen LogP contribution in [0, 0.1) is 5.82 Å². The van der Waals surface area contributed by atoms with E-state index in [9.17, 15) is 14.0 Å². The third-order valence-corrected chi connectivity index (χ3v) is 3.75. The Morgan fingerprint density at radius 1 is 1.12 bits per heavy atom. The van der Waals surface area contributed by atoms with Crippen molar-refractivity contribution in [1.82, 2.24) is 5.32 Å². The lowest BCUT2D eigenvalue weighted by Crippen LogP contribution is -2.33. The van der Waals surface area contributed by atoms with Gasteiger partial charge in [-0.25, -0.2) is 4.39 Å². The fraction of sp³-hybridized carbons (Fsp3) is 0.263. The van der Waals surface area contributed by atoms with Crippen molar-refractivity contribution in [2.45, 2.75) is 31.4 Å². The van der Waals surface area contributed by atoms with Crippen molar-refractivity contribution in [2.75, 3.05) is 0 Å². The number of carbonyl (C=O) groups excluding carboxylic acids is 2. The molecule has 0 unspecified atom stereocenters. The summed E-state index contributed by atoms with van der Waals surface area (Å²) in [4.78, 5) is 24.6. The molecule has 0 heterocycles. The summed E-state index contributed by atoms with van der Waals surface area (Å²) in [5.41, 5.74) is 1.12. The Kier molecular flexibility index (Phi) is 4.89. The fourth-order valence-corrected chi connectivity index (χ4v) is 2.39. The van der Waals surface area contributed by atoms with Crippen molar-refractivity contribution >= 4 is 11.9 Å². The van der Waals surface area contributed by atoms with E-state index >= 15 is 0 Å². The van der Waals surface area contributed by atoms with Crippen molar-refractivity contribution in [1.29, 1.82) is 0 Å². The lowest BCUT2D eigenvalue weighted by Gasteiger charge is -2.18. The molecule has 3 rings (SSSR count). The molecule has 0 bridgehead atoms. The molecular formula is C19H18FNO3. The first-order valence-electron chi connectivity index (χ1n) is 7.91. The molecule has 4 nitrogen and oxygen atoms in total. The molecule has 24 heavy (non-hydrogen) atoms. The van der Waals surface area contributed by atoms with Crippen LogP contribution in [0.15, 0.2) is 54.6 Å². The average molecular weight is 327 g/mol. The largest absolute Gasteiger partial charge is 0.447 e. The molecule has 0 saturated heterocycles. The van der Waals surface area contributed by atoms with E-state index in [2.05, 4.69) is 5.32 Å². The van der Waals surface area contributed by atoms with E-state index < -0.39 is 17.9 Å². The highest BCUT2D eigenvalue weighted by Gasteiger charge is 2.30. The minimum absolute atomic E-state index is 0.0855. The minimum atomic E-state index is -0.993. The molecule has 1 aliphatic rings. The Labute approximate surface area is 139 Å². The molecule has 1 atom stereocenters. The highest BCUT2D eigenvalue weighted by atomic mass is 19.1. The van der Waals surface area contributed by atoms with Crippen LogP contribution in [-0.2, 0) is 20.7 Å². The predicted octanol–water partition coefficient (Wildman–Crippen LogP) is 2.93. The smallest absolute Gasteiger partial charge is 0.311 e. The molecule has 1 aliphatic carbocycles. The number of benzene rings is 2. The van der Waals surface area contributed by atoms with Gasteiger partial charge in [0.25, 0.3) is 5.91 Å². The average Bonchev–Trinajstić information content (AvgIpc) is 3.37. The summed E-state index contributed by atoms with van der Waals surface area (Å²) in [5, 5.41) is 2.85. The number of amides is 1. The van der Waals surface area contributed by atoms with Gasteiger partial charge < -0.3 is 10.1 Å². The summed E-state index contributed by atoms with van der Waals surface area (Å²) in [6.45, 7) is 0. The standard InChI is InChI=1S/C19H18FNO3/c20-15-8-4-5-13(11-15)12-17(22)24-18(14-6-2-1-3-7-14)19(23)21-16-9-10-16/h1-8,11,16,18H,9-10,12H2,(H,21,23)/t18-/m1/s1. The van der Waals surface area contributed by atoms with E-state index in [0.29, 0.717) is 11.1 Å². The third-order valence-electron chi connectivity index (χ3n) is 3.75. The van der Waals surface area contributed by atoms with Gasteiger partial charge in [-0.1, -0.05) is 42.5 Å². The molecule has 1 saturated carbocycles. The van der Waals surface area contributed by atoms with Gasteiger partial charge in [0.2, 0.25) is 6.10 Å². The van der Waals surface area contributed by atoms with E-state index in [-0.39, 0.29) is 18.4 Å². The Morgan fingerprint density at radius 3 is 2.54 bits per heavy atom. The number of esters is 1. The van der Waals surface area contributed by atoms with Crippen LogP contribution in [0.2, 0.25) is 0 Å². The van der Waals surface area contributed by atoms with Gasteiger partial charge in [-0.3, -0.25) is 9.59 Å². The van der Waals surface area contributed by atoms with Gasteiger partial charge in [0.1, 0.15) is 5.82 Å². The maximum absolute atomic E-state index is 13.2. The Balaban J connectivity index is 1.70. The van der Waals surface area contributed by atoms with E-state index in [1.807, 2.05) is 6.07 Å². The number of hydrogen-bond donors (Lipinski definition) is 1. The minimum Gasteiger partial charge on any atom is -0.447 e. The van der Waals surface area contributed by atoms with Crippen LogP contribution >= 0.6 is 0 Å². The van der Waals surface area contributed by atoms with Crippen LogP contribution in [0.4, 0.5) is 4.39 Å². The van der Waals surface area contributed by atoms with Crippen LogP contribution < -0.4 is 5.32 Å². The maximum Gasteiger partial charge on any atom is 0.311 e. The first-order chi connectivity index (χ1) is 11.6. The number of halogens is 1. The van der Waals surface area contributed by atoms with Gasteiger partial charge >= 0.3 is 5.97 Å². The second kappa shape index (κ2) is 7.25. The molecule has 2 aromatic rings. The van der Waals surface area contributed by atoms with E-state index in [4.69, 9.17) is 4.74 Å². The molecule has 1 fully saturated rings. The van der Waals surface area contributed by atoms with Gasteiger partial charge in [-0.15, -0.1) is 0 Å². The number of carbonyl (C=O) groups is 2. The molecule has 5 heteroatoms. The van der Waals surface area contributed by atoms with E-state index in [1.165, 1.54) is 18.2 Å². The molecule has 1 N–H and O–H groups in total. The van der Waals surface area contributed by atoms with Gasteiger partial charge in [0.15, 0.2) is 0 Å². The number of hydrogen-bond acceptors (Lipinski definition) is 3. The molecule has 0 spiro atoms. The molecule has 124 valence electrons. The van der Waals surface area contributed by atoms with Crippen molar-refractivity contribution in [3.63, 3.8) is 0 Å².